The first kappa shape index (κ1) is 13.2. The van der Waals surface area contributed by atoms with Gasteiger partial charge in [-0.05, 0) is 27.7 Å². The van der Waals surface area contributed by atoms with Crippen molar-refractivity contribution < 1.29 is 19.7 Å². The molecule has 5 nitrogen and oxygen atoms in total. The van der Waals surface area contributed by atoms with Crippen molar-refractivity contribution in [2.45, 2.75) is 69.8 Å². The Hall–Kier alpha value is -0.200. The van der Waals surface area contributed by atoms with E-state index in [1.54, 1.807) is 0 Å². The molecule has 0 radical (unpaired) electrons. The van der Waals surface area contributed by atoms with E-state index < -0.39 is 18.3 Å². The number of aliphatic hydroxyl groups excluding tert-OH is 2. The van der Waals surface area contributed by atoms with E-state index >= 15 is 0 Å². The first-order valence-electron chi connectivity index (χ1n) is 6.22. The van der Waals surface area contributed by atoms with E-state index in [1.807, 2.05) is 27.7 Å². The van der Waals surface area contributed by atoms with Crippen LogP contribution < -0.4 is 5.32 Å². The fourth-order valence-electron chi connectivity index (χ4n) is 2.59. The molecule has 6 unspecified atom stereocenters. The molecule has 100 valence electrons. The van der Waals surface area contributed by atoms with E-state index in [0.29, 0.717) is 0 Å². The van der Waals surface area contributed by atoms with Crippen molar-refractivity contribution in [2.75, 3.05) is 6.61 Å². The van der Waals surface area contributed by atoms with Gasteiger partial charge in [0.05, 0.1) is 24.4 Å². The minimum absolute atomic E-state index is 0.0260. The summed E-state index contributed by atoms with van der Waals surface area (Å²) >= 11 is 0. The standard InChI is InChI=1S/C12H23NO4/c1-6-10-8(13-6)9(15)11(7(5-14)16-10)17-12(2,3)4/h6-11,13-15H,5H2,1-4H3. The van der Waals surface area contributed by atoms with Gasteiger partial charge in [0.25, 0.3) is 0 Å². The third-order valence-electron chi connectivity index (χ3n) is 3.37. The molecule has 3 N–H and O–H groups in total. The fraction of sp³-hybridized carbons (Fsp3) is 1.00. The van der Waals surface area contributed by atoms with Crippen LogP contribution in [0.25, 0.3) is 0 Å². The highest BCUT2D eigenvalue weighted by atomic mass is 16.6. The van der Waals surface area contributed by atoms with Gasteiger partial charge in [-0.15, -0.1) is 0 Å². The average Bonchev–Trinajstić information content (AvgIpc) is 2.21. The molecule has 2 aliphatic rings. The van der Waals surface area contributed by atoms with Crippen molar-refractivity contribution in [3.8, 4) is 0 Å². The largest absolute Gasteiger partial charge is 0.394 e. The molecule has 6 atom stereocenters. The Labute approximate surface area is 102 Å². The molecule has 2 rings (SSSR count). The van der Waals surface area contributed by atoms with E-state index in [2.05, 4.69) is 5.32 Å². The third kappa shape index (κ3) is 2.48. The maximum atomic E-state index is 10.3. The predicted octanol–water partition coefficient (Wildman–Crippen LogP) is -0.349. The predicted molar refractivity (Wildman–Crippen MR) is 62.8 cm³/mol. The van der Waals surface area contributed by atoms with Crippen LogP contribution in [0.1, 0.15) is 27.7 Å². The summed E-state index contributed by atoms with van der Waals surface area (Å²) in [5.74, 6) is 0. The SMILES string of the molecule is CC1NC2C(O)C(OC(C)(C)C)C(CO)OC12. The molecule has 0 amide bonds. The lowest BCUT2D eigenvalue weighted by Crippen LogP contribution is -2.77. The van der Waals surface area contributed by atoms with Crippen LogP contribution in [0.2, 0.25) is 0 Å². The van der Waals surface area contributed by atoms with Crippen LogP contribution >= 0.6 is 0 Å². The molecule has 0 aromatic rings. The van der Waals surface area contributed by atoms with Gasteiger partial charge < -0.3 is 25.0 Å². The van der Waals surface area contributed by atoms with Gasteiger partial charge in [0, 0.05) is 6.04 Å². The summed E-state index contributed by atoms with van der Waals surface area (Å²) in [6.07, 6.45) is -1.60. The molecule has 2 fully saturated rings. The highest BCUT2D eigenvalue weighted by Crippen LogP contribution is 2.32. The monoisotopic (exact) mass is 245 g/mol. The van der Waals surface area contributed by atoms with Crippen molar-refractivity contribution in [3.05, 3.63) is 0 Å². The Morgan fingerprint density at radius 3 is 2.47 bits per heavy atom. The van der Waals surface area contributed by atoms with Gasteiger partial charge in [0.2, 0.25) is 0 Å². The highest BCUT2D eigenvalue weighted by molar-refractivity contribution is 5.08. The smallest absolute Gasteiger partial charge is 0.114 e. The van der Waals surface area contributed by atoms with Crippen LogP contribution in [0.15, 0.2) is 0 Å². The molecule has 0 saturated carbocycles. The molecule has 0 aromatic heterocycles. The van der Waals surface area contributed by atoms with Crippen molar-refractivity contribution in [3.63, 3.8) is 0 Å². The lowest BCUT2D eigenvalue weighted by atomic mass is 9.82. The third-order valence-corrected chi connectivity index (χ3v) is 3.37. The van der Waals surface area contributed by atoms with Gasteiger partial charge in [0.15, 0.2) is 0 Å². The Bertz CT molecular complexity index is 276. The number of fused-ring (bicyclic) bond motifs is 1. The first-order chi connectivity index (χ1) is 7.83. The quantitative estimate of drug-likeness (QED) is 0.620. The summed E-state index contributed by atoms with van der Waals surface area (Å²) in [4.78, 5) is 0. The van der Waals surface area contributed by atoms with Crippen LogP contribution in [0, 0.1) is 0 Å². The summed E-state index contributed by atoms with van der Waals surface area (Å²) in [6, 6.07) is 0.138. The molecule has 0 spiro atoms. The number of ether oxygens (including phenoxy) is 2. The second-order valence-corrected chi connectivity index (χ2v) is 5.99. The van der Waals surface area contributed by atoms with Gasteiger partial charge in [-0.25, -0.2) is 0 Å². The van der Waals surface area contributed by atoms with Gasteiger partial charge in [-0.2, -0.15) is 0 Å². The number of aliphatic hydroxyl groups is 2. The summed E-state index contributed by atoms with van der Waals surface area (Å²) in [5, 5.41) is 22.8. The number of rotatable bonds is 2. The number of hydrogen-bond acceptors (Lipinski definition) is 5. The zero-order valence-corrected chi connectivity index (χ0v) is 10.9. The lowest BCUT2D eigenvalue weighted by molar-refractivity contribution is -0.261. The molecule has 0 aromatic carbocycles. The molecular formula is C12H23NO4. The van der Waals surface area contributed by atoms with E-state index in [4.69, 9.17) is 9.47 Å². The van der Waals surface area contributed by atoms with Crippen molar-refractivity contribution in [1.29, 1.82) is 0 Å². The van der Waals surface area contributed by atoms with Crippen LogP contribution in [0.3, 0.4) is 0 Å². The summed E-state index contributed by atoms with van der Waals surface area (Å²) in [7, 11) is 0. The molecule has 0 bridgehead atoms. The molecule has 5 heteroatoms. The van der Waals surface area contributed by atoms with Crippen molar-refractivity contribution in [2.24, 2.45) is 0 Å². The Kier molecular flexibility index (Phi) is 3.49. The van der Waals surface area contributed by atoms with Crippen molar-refractivity contribution >= 4 is 0 Å². The minimum Gasteiger partial charge on any atom is -0.394 e. The van der Waals surface area contributed by atoms with E-state index in [0.717, 1.165) is 0 Å². The van der Waals surface area contributed by atoms with Gasteiger partial charge in [-0.1, -0.05) is 0 Å². The second kappa shape index (κ2) is 4.48. The Balaban J connectivity index is 2.08. The summed E-state index contributed by atoms with van der Waals surface area (Å²) in [5.41, 5.74) is -0.370. The normalized spacial score (nSPS) is 46.2. The van der Waals surface area contributed by atoms with Crippen LogP contribution in [0.4, 0.5) is 0 Å². The van der Waals surface area contributed by atoms with Crippen molar-refractivity contribution in [1.82, 2.24) is 5.32 Å². The summed E-state index contributed by atoms with van der Waals surface area (Å²) < 4.78 is 11.6. The molecule has 0 aliphatic carbocycles. The minimum atomic E-state index is -0.638. The van der Waals surface area contributed by atoms with Gasteiger partial charge in [-0.3, -0.25) is 0 Å². The van der Waals surface area contributed by atoms with E-state index in [9.17, 15) is 10.2 Å². The first-order valence-corrected chi connectivity index (χ1v) is 6.22. The molecule has 2 aliphatic heterocycles. The molecule has 2 heterocycles. The number of nitrogens with one attached hydrogen (secondary N) is 1. The van der Waals surface area contributed by atoms with Crippen LogP contribution in [-0.2, 0) is 9.47 Å². The van der Waals surface area contributed by atoms with Gasteiger partial charge in [0.1, 0.15) is 18.3 Å². The van der Waals surface area contributed by atoms with Crippen LogP contribution in [-0.4, -0.2) is 58.9 Å². The number of hydrogen-bond donors (Lipinski definition) is 3. The second-order valence-electron chi connectivity index (χ2n) is 5.99. The Morgan fingerprint density at radius 1 is 1.35 bits per heavy atom. The molecular weight excluding hydrogens is 222 g/mol. The fourth-order valence-corrected chi connectivity index (χ4v) is 2.59. The van der Waals surface area contributed by atoms with Gasteiger partial charge >= 0.3 is 0 Å². The van der Waals surface area contributed by atoms with E-state index in [1.165, 1.54) is 0 Å². The lowest BCUT2D eigenvalue weighted by Gasteiger charge is -2.54. The maximum Gasteiger partial charge on any atom is 0.114 e. The molecule has 2 saturated heterocycles. The average molecular weight is 245 g/mol. The summed E-state index contributed by atoms with van der Waals surface area (Å²) in [6.45, 7) is 7.66. The molecule has 17 heavy (non-hydrogen) atoms. The van der Waals surface area contributed by atoms with Crippen LogP contribution in [0.5, 0.6) is 0 Å². The highest BCUT2D eigenvalue weighted by Gasteiger charge is 2.53. The topological polar surface area (TPSA) is 71.0 Å². The maximum absolute atomic E-state index is 10.3. The zero-order valence-electron chi connectivity index (χ0n) is 10.9. The van der Waals surface area contributed by atoms with E-state index in [-0.39, 0.29) is 30.4 Å². The Morgan fingerprint density at radius 2 is 2.00 bits per heavy atom. The zero-order chi connectivity index (χ0) is 12.8.